The predicted molar refractivity (Wildman–Crippen MR) is 108 cm³/mol. The van der Waals surface area contributed by atoms with Crippen LogP contribution in [0.3, 0.4) is 0 Å². The number of nitrogen functional groups attached to an aromatic ring is 1. The Kier molecular flexibility index (Phi) is 5.32. The number of methoxy groups -OCH3 is 2. The molecule has 0 bridgehead atoms. The summed E-state index contributed by atoms with van der Waals surface area (Å²) in [5, 5.41) is 9.09. The van der Waals surface area contributed by atoms with Gasteiger partial charge >= 0.3 is 0 Å². The molecule has 0 unspecified atom stereocenters. The molecular weight excluding hydrogens is 360 g/mol. The molecule has 27 heavy (non-hydrogen) atoms. The average molecular weight is 385 g/mol. The molecule has 0 saturated carbocycles. The van der Waals surface area contributed by atoms with Gasteiger partial charge in [0, 0.05) is 11.0 Å². The lowest BCUT2D eigenvalue weighted by Gasteiger charge is -2.18. The second kappa shape index (κ2) is 7.52. The maximum atomic E-state index is 6.32. The first-order valence-corrected chi connectivity index (χ1v) is 9.37. The van der Waals surface area contributed by atoms with Crippen LogP contribution in [-0.4, -0.2) is 29.2 Å². The van der Waals surface area contributed by atoms with Gasteiger partial charge in [-0.1, -0.05) is 49.9 Å². The Morgan fingerprint density at radius 2 is 1.70 bits per heavy atom. The normalized spacial score (nSPS) is 11.4. The predicted octanol–water partition coefficient (Wildman–Crippen LogP) is 4.32. The molecule has 1 heterocycles. The fourth-order valence-electron chi connectivity index (χ4n) is 2.62. The Hall–Kier alpha value is -2.67. The van der Waals surface area contributed by atoms with Crippen molar-refractivity contribution in [2.45, 2.75) is 36.1 Å². The van der Waals surface area contributed by atoms with Crippen LogP contribution >= 0.6 is 11.8 Å². The monoisotopic (exact) mass is 384 g/mol. The molecule has 0 aliphatic carbocycles. The summed E-state index contributed by atoms with van der Waals surface area (Å²) in [6, 6.07) is 13.9. The molecule has 6 nitrogen and oxygen atoms in total. The van der Waals surface area contributed by atoms with Crippen molar-refractivity contribution in [2.75, 3.05) is 20.0 Å². The van der Waals surface area contributed by atoms with Gasteiger partial charge in [-0.2, -0.15) is 4.68 Å². The zero-order chi connectivity index (χ0) is 19.6. The van der Waals surface area contributed by atoms with Crippen molar-refractivity contribution in [3.63, 3.8) is 0 Å². The van der Waals surface area contributed by atoms with Gasteiger partial charge in [0.2, 0.25) is 0 Å². The summed E-state index contributed by atoms with van der Waals surface area (Å²) >= 11 is 1.48. The van der Waals surface area contributed by atoms with E-state index >= 15 is 0 Å². The van der Waals surface area contributed by atoms with E-state index < -0.39 is 0 Å². The third-order valence-corrected chi connectivity index (χ3v) is 5.21. The zero-order valence-corrected chi connectivity index (χ0v) is 17.0. The highest BCUT2D eigenvalue weighted by atomic mass is 32.2. The van der Waals surface area contributed by atoms with Gasteiger partial charge in [-0.05, 0) is 35.2 Å². The summed E-state index contributed by atoms with van der Waals surface area (Å²) in [6.45, 7) is 6.58. The average Bonchev–Trinajstić information content (AvgIpc) is 3.01. The largest absolute Gasteiger partial charge is 0.497 e. The van der Waals surface area contributed by atoms with E-state index in [0.717, 1.165) is 4.90 Å². The van der Waals surface area contributed by atoms with Crippen LogP contribution in [0.5, 0.6) is 11.5 Å². The number of aromatic nitrogens is 3. The Bertz CT molecular complexity index is 930. The smallest absolute Gasteiger partial charge is 0.167 e. The molecule has 0 fully saturated rings. The van der Waals surface area contributed by atoms with Gasteiger partial charge in [0.25, 0.3) is 0 Å². The Labute approximate surface area is 163 Å². The van der Waals surface area contributed by atoms with Crippen molar-refractivity contribution >= 4 is 17.6 Å². The van der Waals surface area contributed by atoms with Crippen LogP contribution in [-0.2, 0) is 5.41 Å². The van der Waals surface area contributed by atoms with Crippen molar-refractivity contribution in [1.82, 2.24) is 15.0 Å². The van der Waals surface area contributed by atoms with E-state index in [1.54, 1.807) is 18.9 Å². The van der Waals surface area contributed by atoms with E-state index in [-0.39, 0.29) is 5.41 Å². The zero-order valence-electron chi connectivity index (χ0n) is 16.2. The van der Waals surface area contributed by atoms with Gasteiger partial charge in [0.15, 0.2) is 10.8 Å². The molecule has 0 amide bonds. The first-order chi connectivity index (χ1) is 12.8. The van der Waals surface area contributed by atoms with Crippen LogP contribution in [0.1, 0.15) is 26.3 Å². The maximum absolute atomic E-state index is 6.32. The van der Waals surface area contributed by atoms with Crippen LogP contribution in [0.4, 0.5) is 5.82 Å². The lowest BCUT2D eigenvalue weighted by atomic mass is 9.87. The first kappa shape index (κ1) is 19.1. The van der Waals surface area contributed by atoms with Crippen LogP contribution in [0.25, 0.3) is 5.69 Å². The van der Waals surface area contributed by atoms with E-state index in [1.165, 1.54) is 17.3 Å². The molecule has 3 rings (SSSR count). The minimum atomic E-state index is 0.119. The highest BCUT2D eigenvalue weighted by Crippen LogP contribution is 2.35. The molecule has 0 radical (unpaired) electrons. The number of rotatable bonds is 5. The molecule has 0 saturated heterocycles. The van der Waals surface area contributed by atoms with Crippen molar-refractivity contribution in [3.8, 4) is 17.2 Å². The molecule has 0 aliphatic heterocycles. The lowest BCUT2D eigenvalue weighted by Crippen LogP contribution is -2.10. The molecule has 2 aromatic carbocycles. The number of anilines is 1. The van der Waals surface area contributed by atoms with E-state index in [2.05, 4.69) is 55.3 Å². The Morgan fingerprint density at radius 3 is 2.30 bits per heavy atom. The van der Waals surface area contributed by atoms with Crippen LogP contribution in [0, 0.1) is 0 Å². The number of benzene rings is 2. The first-order valence-electron chi connectivity index (χ1n) is 8.55. The summed E-state index contributed by atoms with van der Waals surface area (Å²) in [7, 11) is 3.21. The molecule has 7 heteroatoms. The third-order valence-electron chi connectivity index (χ3n) is 4.22. The van der Waals surface area contributed by atoms with E-state index in [0.29, 0.717) is 28.0 Å². The van der Waals surface area contributed by atoms with Crippen LogP contribution < -0.4 is 15.2 Å². The van der Waals surface area contributed by atoms with E-state index in [9.17, 15) is 0 Å². The van der Waals surface area contributed by atoms with E-state index in [4.69, 9.17) is 15.2 Å². The number of ether oxygens (including phenoxy) is 2. The third kappa shape index (κ3) is 4.03. The second-order valence-electron chi connectivity index (χ2n) is 7.11. The molecule has 3 aromatic rings. The van der Waals surface area contributed by atoms with Gasteiger partial charge in [-0.3, -0.25) is 0 Å². The number of hydrogen-bond acceptors (Lipinski definition) is 6. The van der Waals surface area contributed by atoms with Crippen LogP contribution in [0.15, 0.2) is 52.4 Å². The standard InChI is InChI=1S/C20H24N4O2S/c1-20(2,3)13-6-9-15(10-7-13)27-19-18(21)24(23-22-19)16-12-14(25-4)8-11-17(16)26-5/h6-12H,21H2,1-5H3. The molecule has 1 aromatic heterocycles. The Balaban J connectivity index is 1.90. The summed E-state index contributed by atoms with van der Waals surface area (Å²) in [6.07, 6.45) is 0. The summed E-state index contributed by atoms with van der Waals surface area (Å²) in [4.78, 5) is 1.05. The number of nitrogens with two attached hydrogens (primary N) is 1. The van der Waals surface area contributed by atoms with Gasteiger partial charge in [-0.15, -0.1) is 5.10 Å². The molecule has 0 spiro atoms. The van der Waals surface area contributed by atoms with Gasteiger partial charge in [-0.25, -0.2) is 0 Å². The Morgan fingerprint density at radius 1 is 1.00 bits per heavy atom. The van der Waals surface area contributed by atoms with Crippen molar-refractivity contribution < 1.29 is 9.47 Å². The summed E-state index contributed by atoms with van der Waals surface area (Å²) in [5.41, 5.74) is 8.40. The lowest BCUT2D eigenvalue weighted by molar-refractivity contribution is 0.400. The molecule has 0 atom stereocenters. The second-order valence-corrected chi connectivity index (χ2v) is 8.17. The van der Waals surface area contributed by atoms with Gasteiger partial charge in [0.1, 0.15) is 17.2 Å². The maximum Gasteiger partial charge on any atom is 0.167 e. The SMILES string of the molecule is COc1ccc(OC)c(-n2nnc(Sc3ccc(C(C)(C)C)cc3)c2N)c1. The topological polar surface area (TPSA) is 75.2 Å². The van der Waals surface area contributed by atoms with E-state index in [1.807, 2.05) is 18.2 Å². The fraction of sp³-hybridized carbons (Fsp3) is 0.300. The highest BCUT2D eigenvalue weighted by molar-refractivity contribution is 7.99. The molecule has 0 aliphatic rings. The number of hydrogen-bond donors (Lipinski definition) is 1. The van der Waals surface area contributed by atoms with Crippen molar-refractivity contribution in [2.24, 2.45) is 0 Å². The fourth-order valence-corrected chi connectivity index (χ4v) is 3.39. The molecule has 142 valence electrons. The summed E-state index contributed by atoms with van der Waals surface area (Å²) in [5.74, 6) is 1.78. The van der Waals surface area contributed by atoms with Gasteiger partial charge in [0.05, 0.1) is 14.2 Å². The minimum absolute atomic E-state index is 0.119. The van der Waals surface area contributed by atoms with Crippen molar-refractivity contribution in [1.29, 1.82) is 0 Å². The van der Waals surface area contributed by atoms with Gasteiger partial charge < -0.3 is 15.2 Å². The minimum Gasteiger partial charge on any atom is -0.497 e. The molecular formula is C20H24N4O2S. The quantitative estimate of drug-likeness (QED) is 0.706. The van der Waals surface area contributed by atoms with Crippen molar-refractivity contribution in [3.05, 3.63) is 48.0 Å². The summed E-state index contributed by atoms with van der Waals surface area (Å²) < 4.78 is 12.3. The van der Waals surface area contributed by atoms with Crippen LogP contribution in [0.2, 0.25) is 0 Å². The molecule has 2 N–H and O–H groups in total. The highest BCUT2D eigenvalue weighted by Gasteiger charge is 2.17. The number of nitrogens with zero attached hydrogens (tertiary/aromatic N) is 3.